The van der Waals surface area contributed by atoms with Gasteiger partial charge in [0.05, 0.1) is 12.0 Å². The van der Waals surface area contributed by atoms with E-state index in [4.69, 9.17) is 0 Å². The number of nitrogens with one attached hydrogen (secondary N) is 1. The Bertz CT molecular complexity index is 1140. The van der Waals surface area contributed by atoms with Crippen molar-refractivity contribution in [2.45, 2.75) is 31.8 Å². The molecule has 3 rings (SSSR count). The maximum Gasteiger partial charge on any atom is 0.250 e. The number of hydrogen-bond donors (Lipinski definition) is 1. The second-order valence-corrected chi connectivity index (χ2v) is 9.53. The molecular weight excluding hydrogens is 486 g/mol. The van der Waals surface area contributed by atoms with E-state index in [2.05, 4.69) is 74.8 Å². The zero-order chi connectivity index (χ0) is 23.1. The van der Waals surface area contributed by atoms with Gasteiger partial charge in [-0.15, -0.1) is 10.2 Å². The van der Waals surface area contributed by atoms with E-state index >= 15 is 0 Å². The van der Waals surface area contributed by atoms with E-state index in [1.807, 2.05) is 48.9 Å². The summed E-state index contributed by atoms with van der Waals surface area (Å²) in [7, 11) is 1.89. The van der Waals surface area contributed by atoms with Crippen molar-refractivity contribution in [3.63, 3.8) is 0 Å². The molecule has 0 aliphatic carbocycles. The minimum absolute atomic E-state index is 0.196. The second kappa shape index (κ2) is 11.2. The molecule has 1 aromatic heterocycles. The highest BCUT2D eigenvalue weighted by Gasteiger charge is 2.13. The number of carbonyl (C=O) groups excluding carboxylic acids is 1. The van der Waals surface area contributed by atoms with E-state index in [0.29, 0.717) is 11.1 Å². The lowest BCUT2D eigenvalue weighted by molar-refractivity contribution is -0.118. The van der Waals surface area contributed by atoms with Crippen molar-refractivity contribution >= 4 is 45.9 Å². The van der Waals surface area contributed by atoms with Crippen LogP contribution in [0.15, 0.2) is 68.8 Å². The van der Waals surface area contributed by atoms with Crippen molar-refractivity contribution in [2.75, 3.05) is 5.75 Å². The summed E-state index contributed by atoms with van der Waals surface area (Å²) >= 11 is 4.79. The Morgan fingerprint density at radius 3 is 2.66 bits per heavy atom. The fourth-order valence-electron chi connectivity index (χ4n) is 2.97. The Kier molecular flexibility index (Phi) is 8.41. The molecule has 0 bridgehead atoms. The molecule has 8 heteroatoms. The van der Waals surface area contributed by atoms with Crippen LogP contribution in [-0.2, 0) is 11.8 Å². The van der Waals surface area contributed by atoms with Crippen molar-refractivity contribution in [3.8, 4) is 11.4 Å². The average molecular weight is 512 g/mol. The number of amides is 1. The number of hydrogen-bond acceptors (Lipinski definition) is 5. The van der Waals surface area contributed by atoms with E-state index in [1.54, 1.807) is 6.21 Å². The van der Waals surface area contributed by atoms with Crippen molar-refractivity contribution < 1.29 is 4.79 Å². The first kappa shape index (κ1) is 23.9. The molecule has 0 spiro atoms. The molecule has 0 aliphatic heterocycles. The predicted molar refractivity (Wildman–Crippen MR) is 136 cm³/mol. The van der Waals surface area contributed by atoms with Gasteiger partial charge in [-0.25, -0.2) is 5.43 Å². The molecule has 1 heterocycles. The number of rotatable bonds is 8. The van der Waals surface area contributed by atoms with E-state index in [1.165, 1.54) is 17.3 Å². The largest absolute Gasteiger partial charge is 0.305 e. The van der Waals surface area contributed by atoms with Gasteiger partial charge in [0.1, 0.15) is 0 Å². The fraction of sp³-hybridized carbons (Fsp3) is 0.250. The smallest absolute Gasteiger partial charge is 0.250 e. The highest BCUT2D eigenvalue weighted by molar-refractivity contribution is 9.10. The predicted octanol–water partition coefficient (Wildman–Crippen LogP) is 5.67. The summed E-state index contributed by atoms with van der Waals surface area (Å²) in [6.45, 7) is 6.30. The third-order valence-electron chi connectivity index (χ3n) is 4.70. The molecule has 0 saturated carbocycles. The lowest BCUT2D eigenvalue weighted by Gasteiger charge is -2.05. The lowest BCUT2D eigenvalue weighted by Crippen LogP contribution is -2.19. The number of benzene rings is 2. The number of nitrogens with zero attached hydrogens (tertiary/aromatic N) is 4. The normalized spacial score (nSPS) is 12.0. The van der Waals surface area contributed by atoms with Gasteiger partial charge in [-0.05, 0) is 41.7 Å². The van der Waals surface area contributed by atoms with Crippen LogP contribution in [0, 0.1) is 0 Å². The van der Waals surface area contributed by atoms with Crippen LogP contribution in [0.3, 0.4) is 0 Å². The summed E-state index contributed by atoms with van der Waals surface area (Å²) < 4.78 is 2.85. The molecule has 0 unspecified atom stereocenters. The minimum Gasteiger partial charge on any atom is -0.305 e. The van der Waals surface area contributed by atoms with Gasteiger partial charge in [0.2, 0.25) is 0 Å². The molecule has 0 aliphatic rings. The summed E-state index contributed by atoms with van der Waals surface area (Å²) in [5, 5.41) is 13.2. The van der Waals surface area contributed by atoms with Gasteiger partial charge in [-0.2, -0.15) is 5.10 Å². The first-order valence-corrected chi connectivity index (χ1v) is 12.0. The minimum atomic E-state index is -0.202. The molecule has 0 radical (unpaired) electrons. The molecule has 0 fully saturated rings. The molecule has 1 amide bonds. The lowest BCUT2D eigenvalue weighted by atomic mass is 10.0. The van der Waals surface area contributed by atoms with E-state index in [0.717, 1.165) is 27.0 Å². The SMILES string of the molecule is CC(C=NNC(=O)CSc1nnc(-c2cccc(Br)c2)n1C)=Cc1ccc(C(C)C)cc1. The summed E-state index contributed by atoms with van der Waals surface area (Å²) in [6.07, 6.45) is 3.67. The van der Waals surface area contributed by atoms with Gasteiger partial charge >= 0.3 is 0 Å². The highest BCUT2D eigenvalue weighted by atomic mass is 79.9. The van der Waals surface area contributed by atoms with Crippen LogP contribution in [0.5, 0.6) is 0 Å². The number of hydrazone groups is 1. The van der Waals surface area contributed by atoms with Gasteiger partial charge in [0.15, 0.2) is 11.0 Å². The zero-order valence-electron chi connectivity index (χ0n) is 18.5. The van der Waals surface area contributed by atoms with Crippen LogP contribution in [0.4, 0.5) is 0 Å². The van der Waals surface area contributed by atoms with Gasteiger partial charge in [-0.3, -0.25) is 4.79 Å². The number of aromatic nitrogens is 3. The third kappa shape index (κ3) is 6.64. The quantitative estimate of drug-likeness (QED) is 0.240. The van der Waals surface area contributed by atoms with Crippen LogP contribution >= 0.6 is 27.7 Å². The molecule has 2 aromatic carbocycles. The molecule has 6 nitrogen and oxygen atoms in total. The fourth-order valence-corrected chi connectivity index (χ4v) is 4.07. The van der Waals surface area contributed by atoms with Gasteiger partial charge in [-0.1, -0.05) is 84.0 Å². The monoisotopic (exact) mass is 511 g/mol. The number of thioether (sulfide) groups is 1. The van der Waals surface area contributed by atoms with Gasteiger partial charge in [0.25, 0.3) is 5.91 Å². The first-order valence-electron chi connectivity index (χ1n) is 10.2. The van der Waals surface area contributed by atoms with Crippen LogP contribution in [0.2, 0.25) is 0 Å². The molecule has 0 atom stereocenters. The molecule has 32 heavy (non-hydrogen) atoms. The van der Waals surface area contributed by atoms with Crippen molar-refractivity contribution in [1.29, 1.82) is 0 Å². The topological polar surface area (TPSA) is 72.2 Å². The van der Waals surface area contributed by atoms with Crippen LogP contribution in [0.1, 0.15) is 37.8 Å². The first-order chi connectivity index (χ1) is 15.3. The van der Waals surface area contributed by atoms with E-state index < -0.39 is 0 Å². The summed E-state index contributed by atoms with van der Waals surface area (Å²) in [6, 6.07) is 16.3. The van der Waals surface area contributed by atoms with Crippen LogP contribution < -0.4 is 5.43 Å². The Labute approximate surface area is 201 Å². The highest BCUT2D eigenvalue weighted by Crippen LogP contribution is 2.24. The standard InChI is InChI=1S/C24H26BrN5OS/c1-16(2)19-10-8-18(9-11-19)12-17(3)14-26-27-22(31)15-32-24-29-28-23(30(24)4)20-6-5-7-21(25)13-20/h5-14,16H,15H2,1-4H3,(H,27,31). The molecule has 166 valence electrons. The summed E-state index contributed by atoms with van der Waals surface area (Å²) in [5.74, 6) is 1.25. The summed E-state index contributed by atoms with van der Waals surface area (Å²) in [5.41, 5.74) is 6.88. The zero-order valence-corrected chi connectivity index (χ0v) is 20.9. The molecule has 0 saturated heterocycles. The van der Waals surface area contributed by atoms with Crippen molar-refractivity contribution in [3.05, 3.63) is 69.7 Å². The van der Waals surface area contributed by atoms with Crippen molar-refractivity contribution in [2.24, 2.45) is 12.1 Å². The number of allylic oxidation sites excluding steroid dienone is 1. The second-order valence-electron chi connectivity index (χ2n) is 7.67. The Balaban J connectivity index is 1.51. The Morgan fingerprint density at radius 1 is 1.22 bits per heavy atom. The third-order valence-corrected chi connectivity index (χ3v) is 6.22. The van der Waals surface area contributed by atoms with Crippen molar-refractivity contribution in [1.82, 2.24) is 20.2 Å². The van der Waals surface area contributed by atoms with E-state index in [9.17, 15) is 4.79 Å². The van der Waals surface area contributed by atoms with Crippen LogP contribution in [0.25, 0.3) is 17.5 Å². The maximum atomic E-state index is 12.2. The Morgan fingerprint density at radius 2 is 1.97 bits per heavy atom. The summed E-state index contributed by atoms with van der Waals surface area (Å²) in [4.78, 5) is 12.2. The molecule has 3 aromatic rings. The Hall–Kier alpha value is -2.71. The molecule has 1 N–H and O–H groups in total. The van der Waals surface area contributed by atoms with Gasteiger partial charge < -0.3 is 4.57 Å². The number of halogens is 1. The van der Waals surface area contributed by atoms with Crippen LogP contribution in [-0.4, -0.2) is 32.6 Å². The maximum absolute atomic E-state index is 12.2. The average Bonchev–Trinajstić information content (AvgIpc) is 3.13. The number of carbonyl (C=O) groups is 1. The van der Waals surface area contributed by atoms with E-state index in [-0.39, 0.29) is 11.7 Å². The molecular formula is C24H26BrN5OS. The van der Waals surface area contributed by atoms with Gasteiger partial charge in [0, 0.05) is 17.1 Å².